The molecule has 0 atom stereocenters. The van der Waals surface area contributed by atoms with Crippen molar-refractivity contribution in [3.8, 4) is 0 Å². The molecular weight excluding hydrogens is 560 g/mol. The number of likely N-dealkylation sites (N-methyl/N-ethyl adjacent to an activating group) is 1. The highest BCUT2D eigenvalue weighted by atomic mass is 32.2. The lowest BCUT2D eigenvalue weighted by Gasteiger charge is -2.42. The smallest absolute Gasteiger partial charge is 0.261 e. The third kappa shape index (κ3) is 9.05. The highest BCUT2D eigenvalue weighted by molar-refractivity contribution is 7.92. The van der Waals surface area contributed by atoms with Crippen LogP contribution in [0.15, 0.2) is 53.4 Å². The Bertz CT molecular complexity index is 1260. The van der Waals surface area contributed by atoms with Crippen LogP contribution < -0.4 is 4.72 Å². The fraction of sp³-hybridized carbons (Fsp3) is 0.588. The lowest BCUT2D eigenvalue weighted by molar-refractivity contribution is -0.138. The summed E-state index contributed by atoms with van der Waals surface area (Å²) in [6.45, 7) is 9.06. The number of carbonyl (C=O) groups is 2. The van der Waals surface area contributed by atoms with Crippen LogP contribution in [0.1, 0.15) is 94.0 Å². The summed E-state index contributed by atoms with van der Waals surface area (Å²) in [6, 6.07) is 13.7. The molecule has 2 saturated carbocycles. The van der Waals surface area contributed by atoms with Gasteiger partial charge in [0.05, 0.1) is 4.90 Å². The van der Waals surface area contributed by atoms with E-state index in [0.29, 0.717) is 24.3 Å². The van der Waals surface area contributed by atoms with E-state index in [-0.39, 0.29) is 35.3 Å². The highest BCUT2D eigenvalue weighted by Crippen LogP contribution is 2.30. The number of rotatable bonds is 13. The lowest BCUT2D eigenvalue weighted by atomic mass is 9.88. The summed E-state index contributed by atoms with van der Waals surface area (Å²) in [7, 11) is -3.75. The van der Waals surface area contributed by atoms with Crippen molar-refractivity contribution in [3.63, 3.8) is 0 Å². The molecule has 2 aliphatic rings. The number of nitrogens with one attached hydrogen (secondary N) is 1. The molecule has 0 bridgehead atoms. The van der Waals surface area contributed by atoms with Gasteiger partial charge in [-0.15, -0.1) is 0 Å². The maximum absolute atomic E-state index is 14.1. The second-order valence-corrected chi connectivity index (χ2v) is 13.8. The van der Waals surface area contributed by atoms with Gasteiger partial charge in [0.25, 0.3) is 15.9 Å². The number of aryl methyl sites for hydroxylation is 1. The largest absolute Gasteiger partial charge is 0.335 e. The fourth-order valence-electron chi connectivity index (χ4n) is 6.52. The van der Waals surface area contributed by atoms with Gasteiger partial charge in [-0.25, -0.2) is 8.42 Å². The minimum absolute atomic E-state index is 0.0641. The molecule has 2 aliphatic carbocycles. The van der Waals surface area contributed by atoms with Gasteiger partial charge in [-0.05, 0) is 82.1 Å². The summed E-state index contributed by atoms with van der Waals surface area (Å²) in [6.07, 6.45) is 11.3. The number of anilines is 1. The molecule has 2 amide bonds. The zero-order chi connectivity index (χ0) is 30.8. The Balaban J connectivity index is 1.51. The first-order valence-corrected chi connectivity index (χ1v) is 17.7. The summed E-state index contributed by atoms with van der Waals surface area (Å²) < 4.78 is 28.3. The van der Waals surface area contributed by atoms with Crippen molar-refractivity contribution in [2.24, 2.45) is 0 Å². The SMILES string of the molecule is CCN(CC)CCN(CC(=O)N(C1CCCCC1)C1CCCCC1)C(=O)c1ccc(NS(=O)(=O)c2ccc(C)cc2)cc1. The Hall–Kier alpha value is -2.91. The standard InChI is InChI=1S/C34H50N4O4S/c1-4-36(5-2)24-25-37(26-33(39)38(30-12-8-6-9-13-30)31-14-10-7-11-15-31)34(40)28-18-20-29(21-19-28)35-43(41,42)32-22-16-27(3)17-23-32/h16-23,30-31,35H,4-15,24-26H2,1-3H3. The van der Waals surface area contributed by atoms with Crippen LogP contribution in [0.3, 0.4) is 0 Å². The van der Waals surface area contributed by atoms with Gasteiger partial charge in [0.2, 0.25) is 5.91 Å². The van der Waals surface area contributed by atoms with Crippen LogP contribution in [0.25, 0.3) is 0 Å². The van der Waals surface area contributed by atoms with Crippen LogP contribution in [-0.2, 0) is 14.8 Å². The lowest BCUT2D eigenvalue weighted by Crippen LogP contribution is -2.53. The van der Waals surface area contributed by atoms with Crippen molar-refractivity contribution < 1.29 is 18.0 Å². The molecule has 0 aromatic heterocycles. The van der Waals surface area contributed by atoms with Crippen LogP contribution in [0.4, 0.5) is 5.69 Å². The van der Waals surface area contributed by atoms with Gasteiger partial charge >= 0.3 is 0 Å². The first-order valence-electron chi connectivity index (χ1n) is 16.2. The third-order valence-corrected chi connectivity index (χ3v) is 10.5. The quantitative estimate of drug-likeness (QED) is 0.297. The number of hydrogen-bond acceptors (Lipinski definition) is 5. The fourth-order valence-corrected chi connectivity index (χ4v) is 7.58. The van der Waals surface area contributed by atoms with Gasteiger partial charge < -0.3 is 14.7 Å². The maximum atomic E-state index is 14.1. The van der Waals surface area contributed by atoms with Gasteiger partial charge in [0, 0.05) is 36.4 Å². The summed E-state index contributed by atoms with van der Waals surface area (Å²) in [5, 5.41) is 0. The first-order chi connectivity index (χ1) is 20.7. The molecule has 0 radical (unpaired) electrons. The Kier molecular flexibility index (Phi) is 12.1. The average Bonchev–Trinajstić information content (AvgIpc) is 3.02. The molecule has 8 nitrogen and oxygen atoms in total. The number of nitrogens with zero attached hydrogens (tertiary/aromatic N) is 3. The second-order valence-electron chi connectivity index (χ2n) is 12.1. The zero-order valence-corrected chi connectivity index (χ0v) is 27.1. The second kappa shape index (κ2) is 15.7. The van der Waals surface area contributed by atoms with Gasteiger partial charge in [-0.3, -0.25) is 14.3 Å². The van der Waals surface area contributed by atoms with E-state index in [0.717, 1.165) is 70.0 Å². The van der Waals surface area contributed by atoms with E-state index in [4.69, 9.17) is 0 Å². The van der Waals surface area contributed by atoms with Crippen molar-refractivity contribution in [2.45, 2.75) is 102 Å². The monoisotopic (exact) mass is 610 g/mol. The first kappa shape index (κ1) is 33.0. The number of sulfonamides is 1. The van der Waals surface area contributed by atoms with Crippen molar-refractivity contribution in [3.05, 3.63) is 59.7 Å². The van der Waals surface area contributed by atoms with Crippen molar-refractivity contribution >= 4 is 27.5 Å². The van der Waals surface area contributed by atoms with Crippen LogP contribution >= 0.6 is 0 Å². The van der Waals surface area contributed by atoms with Crippen LogP contribution in [0.5, 0.6) is 0 Å². The molecular formula is C34H50N4O4S. The van der Waals surface area contributed by atoms with E-state index in [1.165, 1.54) is 12.8 Å². The van der Waals surface area contributed by atoms with E-state index in [2.05, 4.69) is 28.4 Å². The van der Waals surface area contributed by atoms with E-state index in [9.17, 15) is 18.0 Å². The molecule has 0 saturated heterocycles. The average molecular weight is 611 g/mol. The maximum Gasteiger partial charge on any atom is 0.261 e. The molecule has 0 spiro atoms. The van der Waals surface area contributed by atoms with Crippen LogP contribution in [0, 0.1) is 6.92 Å². The zero-order valence-electron chi connectivity index (χ0n) is 26.3. The van der Waals surface area contributed by atoms with Gasteiger partial charge in [-0.1, -0.05) is 70.1 Å². The summed E-state index contributed by atoms with van der Waals surface area (Å²) in [5.74, 6) is -0.144. The van der Waals surface area contributed by atoms with Gasteiger partial charge in [-0.2, -0.15) is 0 Å². The van der Waals surface area contributed by atoms with Crippen molar-refractivity contribution in [2.75, 3.05) is 37.4 Å². The molecule has 43 heavy (non-hydrogen) atoms. The van der Waals surface area contributed by atoms with E-state index in [1.54, 1.807) is 53.4 Å². The van der Waals surface area contributed by atoms with Crippen LogP contribution in [0.2, 0.25) is 0 Å². The Morgan fingerprint density at radius 2 is 1.30 bits per heavy atom. The molecule has 2 aromatic rings. The Labute approximate surface area is 258 Å². The number of carbonyl (C=O) groups excluding carboxylic acids is 2. The molecule has 1 N–H and O–H groups in total. The van der Waals surface area contributed by atoms with Crippen molar-refractivity contribution in [1.29, 1.82) is 0 Å². The van der Waals surface area contributed by atoms with E-state index < -0.39 is 10.0 Å². The molecule has 0 unspecified atom stereocenters. The minimum Gasteiger partial charge on any atom is -0.335 e. The van der Waals surface area contributed by atoms with E-state index >= 15 is 0 Å². The molecule has 236 valence electrons. The molecule has 4 rings (SSSR count). The predicted molar refractivity (Wildman–Crippen MR) is 173 cm³/mol. The molecule has 9 heteroatoms. The van der Waals surface area contributed by atoms with Gasteiger partial charge in [0.1, 0.15) is 6.54 Å². The third-order valence-electron chi connectivity index (χ3n) is 9.13. The summed E-state index contributed by atoms with van der Waals surface area (Å²) in [5.41, 5.74) is 1.79. The normalized spacial score (nSPS) is 16.7. The van der Waals surface area contributed by atoms with E-state index in [1.807, 2.05) is 6.92 Å². The summed E-state index contributed by atoms with van der Waals surface area (Å²) >= 11 is 0. The van der Waals surface area contributed by atoms with Crippen LogP contribution in [-0.4, -0.2) is 79.7 Å². The molecule has 2 fully saturated rings. The molecule has 2 aromatic carbocycles. The van der Waals surface area contributed by atoms with Crippen molar-refractivity contribution in [1.82, 2.24) is 14.7 Å². The number of hydrogen-bond donors (Lipinski definition) is 1. The summed E-state index contributed by atoms with van der Waals surface area (Å²) in [4.78, 5) is 34.3. The predicted octanol–water partition coefficient (Wildman–Crippen LogP) is 6.07. The topological polar surface area (TPSA) is 90.0 Å². The Morgan fingerprint density at radius 1 is 0.767 bits per heavy atom. The van der Waals surface area contributed by atoms with Gasteiger partial charge in [0.15, 0.2) is 0 Å². The highest BCUT2D eigenvalue weighted by Gasteiger charge is 2.34. The molecule has 0 aliphatic heterocycles. The number of benzene rings is 2. The number of amides is 2. The molecule has 0 heterocycles. The Morgan fingerprint density at radius 3 is 1.81 bits per heavy atom. The minimum atomic E-state index is -3.75.